The zero-order valence-electron chi connectivity index (χ0n) is 10.7. The van der Waals surface area contributed by atoms with Gasteiger partial charge in [0.15, 0.2) is 0 Å². The van der Waals surface area contributed by atoms with Crippen LogP contribution < -0.4 is 0 Å². The van der Waals surface area contributed by atoms with E-state index in [2.05, 4.69) is 25.0 Å². The molecule has 0 aromatic carbocycles. The standard InChI is InChI=1S/C14H25NO/c1-3-5-7-10-14-11-9-13-16-15(14)12-8-6-4-2/h9,11,13H,3-8,10,12H2,1-2H3. The SMILES string of the molecule is CCCCCC1=CC=CON1CCCCC. The molecule has 1 aliphatic heterocycles. The van der Waals surface area contributed by atoms with Crippen molar-refractivity contribution in [3.8, 4) is 0 Å². The first-order valence-electron chi connectivity index (χ1n) is 6.68. The summed E-state index contributed by atoms with van der Waals surface area (Å²) in [5.74, 6) is 0. The highest BCUT2D eigenvalue weighted by atomic mass is 16.7. The van der Waals surface area contributed by atoms with Crippen LogP contribution in [0.4, 0.5) is 0 Å². The van der Waals surface area contributed by atoms with Gasteiger partial charge in [0.05, 0.1) is 12.2 Å². The smallest absolute Gasteiger partial charge is 0.119 e. The molecule has 0 bridgehead atoms. The number of rotatable bonds is 8. The van der Waals surface area contributed by atoms with E-state index in [0.29, 0.717) is 0 Å². The van der Waals surface area contributed by atoms with E-state index in [1.165, 1.54) is 44.2 Å². The van der Waals surface area contributed by atoms with Gasteiger partial charge >= 0.3 is 0 Å². The molecular formula is C14H25NO. The summed E-state index contributed by atoms with van der Waals surface area (Å²) in [6.45, 7) is 5.50. The van der Waals surface area contributed by atoms with E-state index in [1.54, 1.807) is 6.26 Å². The number of nitrogens with zero attached hydrogens (tertiary/aromatic N) is 1. The number of unbranched alkanes of at least 4 members (excludes halogenated alkanes) is 4. The molecule has 1 heterocycles. The van der Waals surface area contributed by atoms with Gasteiger partial charge in [0.2, 0.25) is 0 Å². The van der Waals surface area contributed by atoms with Crippen molar-refractivity contribution >= 4 is 0 Å². The molecule has 1 aliphatic rings. The summed E-state index contributed by atoms with van der Waals surface area (Å²) in [7, 11) is 0. The topological polar surface area (TPSA) is 12.5 Å². The Kier molecular flexibility index (Phi) is 6.78. The molecule has 1 rings (SSSR count). The van der Waals surface area contributed by atoms with E-state index in [-0.39, 0.29) is 0 Å². The summed E-state index contributed by atoms with van der Waals surface area (Å²) in [4.78, 5) is 5.55. The van der Waals surface area contributed by atoms with Gasteiger partial charge in [-0.15, -0.1) is 0 Å². The zero-order valence-corrected chi connectivity index (χ0v) is 10.7. The van der Waals surface area contributed by atoms with Gasteiger partial charge in [-0.2, -0.15) is 0 Å². The largest absolute Gasteiger partial charge is 0.388 e. The van der Waals surface area contributed by atoms with Gasteiger partial charge in [0.25, 0.3) is 0 Å². The maximum atomic E-state index is 5.55. The molecule has 2 nitrogen and oxygen atoms in total. The predicted octanol–water partition coefficient (Wildman–Crippen LogP) is 4.40. The first-order valence-corrected chi connectivity index (χ1v) is 6.68. The molecule has 0 aromatic heterocycles. The van der Waals surface area contributed by atoms with Crippen molar-refractivity contribution in [2.45, 2.75) is 58.8 Å². The molecule has 0 aromatic rings. The van der Waals surface area contributed by atoms with E-state index >= 15 is 0 Å². The number of allylic oxidation sites excluding steroid dienone is 3. The second kappa shape index (κ2) is 8.26. The second-order valence-corrected chi connectivity index (χ2v) is 4.36. The van der Waals surface area contributed by atoms with E-state index in [9.17, 15) is 0 Å². The molecule has 0 radical (unpaired) electrons. The highest BCUT2D eigenvalue weighted by Gasteiger charge is 2.11. The Morgan fingerprint density at radius 3 is 2.56 bits per heavy atom. The van der Waals surface area contributed by atoms with E-state index in [1.807, 2.05) is 6.08 Å². The van der Waals surface area contributed by atoms with Crippen molar-refractivity contribution in [2.75, 3.05) is 6.54 Å². The van der Waals surface area contributed by atoms with Crippen LogP contribution in [0.15, 0.2) is 24.1 Å². The van der Waals surface area contributed by atoms with Crippen LogP contribution >= 0.6 is 0 Å². The lowest BCUT2D eigenvalue weighted by molar-refractivity contribution is -0.0773. The minimum Gasteiger partial charge on any atom is -0.388 e. The molecule has 0 unspecified atom stereocenters. The third-order valence-corrected chi connectivity index (χ3v) is 2.88. The lowest BCUT2D eigenvalue weighted by atomic mass is 10.1. The summed E-state index contributed by atoms with van der Waals surface area (Å²) in [6, 6.07) is 0. The Morgan fingerprint density at radius 1 is 1.06 bits per heavy atom. The normalized spacial score (nSPS) is 14.9. The highest BCUT2D eigenvalue weighted by molar-refractivity contribution is 5.12. The Morgan fingerprint density at radius 2 is 1.81 bits per heavy atom. The highest BCUT2D eigenvalue weighted by Crippen LogP contribution is 2.18. The average molecular weight is 223 g/mol. The van der Waals surface area contributed by atoms with Gasteiger partial charge in [0.1, 0.15) is 6.26 Å². The molecular weight excluding hydrogens is 198 g/mol. The molecule has 0 saturated heterocycles. The van der Waals surface area contributed by atoms with E-state index in [4.69, 9.17) is 4.84 Å². The monoisotopic (exact) mass is 223 g/mol. The van der Waals surface area contributed by atoms with Crippen LogP contribution in [-0.4, -0.2) is 11.6 Å². The lowest BCUT2D eigenvalue weighted by Crippen LogP contribution is -2.24. The molecule has 16 heavy (non-hydrogen) atoms. The lowest BCUT2D eigenvalue weighted by Gasteiger charge is -2.27. The number of hydrogen-bond donors (Lipinski definition) is 0. The third-order valence-electron chi connectivity index (χ3n) is 2.88. The molecule has 0 saturated carbocycles. The molecule has 92 valence electrons. The molecule has 0 amide bonds. The fraction of sp³-hybridized carbons (Fsp3) is 0.714. The van der Waals surface area contributed by atoms with Crippen molar-refractivity contribution in [3.63, 3.8) is 0 Å². The quantitative estimate of drug-likeness (QED) is 0.565. The van der Waals surface area contributed by atoms with Crippen LogP contribution in [-0.2, 0) is 4.84 Å². The van der Waals surface area contributed by atoms with Crippen LogP contribution in [0.2, 0.25) is 0 Å². The van der Waals surface area contributed by atoms with Crippen LogP contribution in [0.25, 0.3) is 0 Å². The fourth-order valence-corrected chi connectivity index (χ4v) is 1.88. The molecule has 2 heteroatoms. The Labute approximate surface area is 99.9 Å². The summed E-state index contributed by atoms with van der Waals surface area (Å²) in [5.41, 5.74) is 1.34. The van der Waals surface area contributed by atoms with E-state index < -0.39 is 0 Å². The van der Waals surface area contributed by atoms with Gasteiger partial charge < -0.3 is 4.84 Å². The molecule has 0 aliphatic carbocycles. The van der Waals surface area contributed by atoms with Crippen LogP contribution in [0.3, 0.4) is 0 Å². The summed E-state index contributed by atoms with van der Waals surface area (Å²) in [6.07, 6.45) is 14.7. The van der Waals surface area contributed by atoms with Crippen molar-refractivity contribution in [3.05, 3.63) is 24.1 Å². The van der Waals surface area contributed by atoms with Crippen LogP contribution in [0.5, 0.6) is 0 Å². The van der Waals surface area contributed by atoms with Gasteiger partial charge in [-0.1, -0.05) is 39.5 Å². The molecule has 0 fully saturated rings. The van der Waals surface area contributed by atoms with Crippen LogP contribution in [0.1, 0.15) is 58.8 Å². The van der Waals surface area contributed by atoms with E-state index in [0.717, 1.165) is 13.0 Å². The Balaban J connectivity index is 2.30. The van der Waals surface area contributed by atoms with Gasteiger partial charge in [-0.05, 0) is 31.4 Å². The first-order chi connectivity index (χ1) is 7.88. The van der Waals surface area contributed by atoms with Crippen LogP contribution in [0, 0.1) is 0 Å². The second-order valence-electron chi connectivity index (χ2n) is 4.36. The summed E-state index contributed by atoms with van der Waals surface area (Å²) >= 11 is 0. The maximum absolute atomic E-state index is 5.55. The molecule has 0 N–H and O–H groups in total. The third kappa shape index (κ3) is 4.73. The Bertz CT molecular complexity index is 233. The van der Waals surface area contributed by atoms with Crippen molar-refractivity contribution in [1.29, 1.82) is 0 Å². The summed E-state index contributed by atoms with van der Waals surface area (Å²) < 4.78 is 0. The Hall–Kier alpha value is -0.920. The summed E-state index contributed by atoms with van der Waals surface area (Å²) in [5, 5.41) is 2.06. The minimum absolute atomic E-state index is 1.02. The predicted molar refractivity (Wildman–Crippen MR) is 68.7 cm³/mol. The molecule has 0 spiro atoms. The van der Waals surface area contributed by atoms with Gasteiger partial charge in [-0.25, -0.2) is 5.06 Å². The fourth-order valence-electron chi connectivity index (χ4n) is 1.88. The number of hydrogen-bond acceptors (Lipinski definition) is 2. The van der Waals surface area contributed by atoms with Gasteiger partial charge in [-0.3, -0.25) is 0 Å². The van der Waals surface area contributed by atoms with Crippen molar-refractivity contribution < 1.29 is 4.84 Å². The molecule has 0 atom stereocenters. The first kappa shape index (κ1) is 13.1. The minimum atomic E-state index is 1.02. The number of hydroxylamine groups is 2. The average Bonchev–Trinajstić information content (AvgIpc) is 2.32. The van der Waals surface area contributed by atoms with Gasteiger partial charge in [0, 0.05) is 0 Å². The van der Waals surface area contributed by atoms with Crippen molar-refractivity contribution in [1.82, 2.24) is 5.06 Å². The zero-order chi connectivity index (χ0) is 11.6. The maximum Gasteiger partial charge on any atom is 0.119 e. The van der Waals surface area contributed by atoms with Crippen molar-refractivity contribution in [2.24, 2.45) is 0 Å².